The molecule has 1 saturated carbocycles. The predicted molar refractivity (Wildman–Crippen MR) is 67.6 cm³/mol. The molecule has 2 rings (SSSR count). The number of rotatable bonds is 6. The fourth-order valence-electron chi connectivity index (χ4n) is 2.86. The molecular formula is C14H27NO. The molecule has 94 valence electrons. The van der Waals surface area contributed by atoms with Crippen molar-refractivity contribution in [2.24, 2.45) is 11.3 Å². The quantitative estimate of drug-likeness (QED) is 0.750. The van der Waals surface area contributed by atoms with E-state index in [0.29, 0.717) is 11.5 Å². The SMILES string of the molecule is CCC(C)CC1(CNC2CC2)CCOC1C. The van der Waals surface area contributed by atoms with Crippen LogP contribution in [-0.2, 0) is 4.74 Å². The van der Waals surface area contributed by atoms with Crippen molar-refractivity contribution < 1.29 is 4.74 Å². The van der Waals surface area contributed by atoms with E-state index < -0.39 is 0 Å². The highest BCUT2D eigenvalue weighted by Crippen LogP contribution is 2.41. The van der Waals surface area contributed by atoms with Crippen LogP contribution in [0.4, 0.5) is 0 Å². The average Bonchev–Trinajstić information content (AvgIpc) is 3.03. The Labute approximate surface area is 100 Å². The molecule has 2 nitrogen and oxygen atoms in total. The van der Waals surface area contributed by atoms with Crippen LogP contribution in [0.2, 0.25) is 0 Å². The van der Waals surface area contributed by atoms with E-state index in [1.165, 1.54) is 38.6 Å². The molecule has 0 aromatic carbocycles. The van der Waals surface area contributed by atoms with E-state index in [0.717, 1.165) is 18.6 Å². The molecule has 2 fully saturated rings. The van der Waals surface area contributed by atoms with Gasteiger partial charge in [0, 0.05) is 24.6 Å². The maximum atomic E-state index is 5.83. The highest BCUT2D eigenvalue weighted by Gasteiger charge is 2.42. The Kier molecular flexibility index (Phi) is 3.91. The molecule has 3 atom stereocenters. The zero-order chi connectivity index (χ0) is 11.6. The highest BCUT2D eigenvalue weighted by molar-refractivity contribution is 4.94. The van der Waals surface area contributed by atoms with Crippen molar-refractivity contribution in [1.82, 2.24) is 5.32 Å². The zero-order valence-corrected chi connectivity index (χ0v) is 11.1. The summed E-state index contributed by atoms with van der Waals surface area (Å²) in [5.74, 6) is 0.824. The minimum Gasteiger partial charge on any atom is -0.378 e. The van der Waals surface area contributed by atoms with Gasteiger partial charge in [0.2, 0.25) is 0 Å². The summed E-state index contributed by atoms with van der Waals surface area (Å²) in [5.41, 5.74) is 0.415. The first-order valence-corrected chi connectivity index (χ1v) is 7.01. The second kappa shape index (κ2) is 5.05. The molecule has 0 amide bonds. The molecule has 1 aliphatic carbocycles. The Balaban J connectivity index is 1.93. The first-order valence-electron chi connectivity index (χ1n) is 7.01. The van der Waals surface area contributed by atoms with Gasteiger partial charge >= 0.3 is 0 Å². The van der Waals surface area contributed by atoms with Crippen LogP contribution in [0.1, 0.15) is 52.9 Å². The average molecular weight is 225 g/mol. The molecule has 2 heteroatoms. The van der Waals surface area contributed by atoms with E-state index >= 15 is 0 Å². The minimum absolute atomic E-state index is 0.415. The summed E-state index contributed by atoms with van der Waals surface area (Å²) in [6.45, 7) is 9.08. The molecule has 0 aromatic heterocycles. The highest BCUT2D eigenvalue weighted by atomic mass is 16.5. The molecule has 0 bridgehead atoms. The van der Waals surface area contributed by atoms with E-state index in [1.54, 1.807) is 0 Å². The number of nitrogens with one attached hydrogen (secondary N) is 1. The van der Waals surface area contributed by atoms with E-state index in [9.17, 15) is 0 Å². The Bertz CT molecular complexity index is 227. The number of ether oxygens (including phenoxy) is 1. The lowest BCUT2D eigenvalue weighted by atomic mass is 9.74. The fraction of sp³-hybridized carbons (Fsp3) is 1.00. The number of hydrogen-bond acceptors (Lipinski definition) is 2. The zero-order valence-electron chi connectivity index (χ0n) is 11.1. The van der Waals surface area contributed by atoms with Gasteiger partial charge in [0.05, 0.1) is 6.10 Å². The second-order valence-corrected chi connectivity index (χ2v) is 6.00. The van der Waals surface area contributed by atoms with Crippen molar-refractivity contribution >= 4 is 0 Å². The summed E-state index contributed by atoms with van der Waals surface area (Å²) < 4.78 is 5.83. The van der Waals surface area contributed by atoms with Crippen LogP contribution >= 0.6 is 0 Å². The van der Waals surface area contributed by atoms with Gasteiger partial charge in [-0.15, -0.1) is 0 Å². The summed E-state index contributed by atoms with van der Waals surface area (Å²) in [5, 5.41) is 3.72. The van der Waals surface area contributed by atoms with Gasteiger partial charge in [-0.25, -0.2) is 0 Å². The van der Waals surface area contributed by atoms with Crippen LogP contribution < -0.4 is 5.32 Å². The van der Waals surface area contributed by atoms with Crippen LogP contribution in [0.15, 0.2) is 0 Å². The molecular weight excluding hydrogens is 198 g/mol. The number of hydrogen-bond donors (Lipinski definition) is 1. The molecule has 1 N–H and O–H groups in total. The molecule has 0 radical (unpaired) electrons. The van der Waals surface area contributed by atoms with Crippen molar-refractivity contribution in [2.75, 3.05) is 13.2 Å². The normalized spacial score (nSPS) is 36.6. The van der Waals surface area contributed by atoms with Crippen molar-refractivity contribution in [1.29, 1.82) is 0 Å². The third kappa shape index (κ3) is 2.78. The summed E-state index contributed by atoms with van der Waals surface area (Å²) in [6, 6.07) is 0.821. The smallest absolute Gasteiger partial charge is 0.0616 e. The molecule has 0 spiro atoms. The van der Waals surface area contributed by atoms with Crippen LogP contribution in [-0.4, -0.2) is 25.3 Å². The molecule has 16 heavy (non-hydrogen) atoms. The fourth-order valence-corrected chi connectivity index (χ4v) is 2.86. The molecule has 1 saturated heterocycles. The van der Waals surface area contributed by atoms with Crippen LogP contribution in [0.5, 0.6) is 0 Å². The van der Waals surface area contributed by atoms with Crippen LogP contribution in [0, 0.1) is 11.3 Å². The first kappa shape index (κ1) is 12.4. The van der Waals surface area contributed by atoms with Gasteiger partial charge in [0.1, 0.15) is 0 Å². The van der Waals surface area contributed by atoms with Crippen molar-refractivity contribution in [3.8, 4) is 0 Å². The predicted octanol–water partition coefficient (Wildman–Crippen LogP) is 2.97. The van der Waals surface area contributed by atoms with E-state index in [2.05, 4.69) is 26.1 Å². The Morgan fingerprint density at radius 1 is 1.44 bits per heavy atom. The van der Waals surface area contributed by atoms with Gasteiger partial charge in [-0.3, -0.25) is 0 Å². The first-order chi connectivity index (χ1) is 7.66. The van der Waals surface area contributed by atoms with E-state index in [1.807, 2.05) is 0 Å². The van der Waals surface area contributed by atoms with Gasteiger partial charge in [-0.1, -0.05) is 20.3 Å². The molecule has 2 aliphatic rings. The Hall–Kier alpha value is -0.0800. The second-order valence-electron chi connectivity index (χ2n) is 6.00. The molecule has 0 aromatic rings. The largest absolute Gasteiger partial charge is 0.378 e. The lowest BCUT2D eigenvalue weighted by molar-refractivity contribution is 0.0498. The van der Waals surface area contributed by atoms with Gasteiger partial charge < -0.3 is 10.1 Å². The topological polar surface area (TPSA) is 21.3 Å². The van der Waals surface area contributed by atoms with Crippen LogP contribution in [0.3, 0.4) is 0 Å². The van der Waals surface area contributed by atoms with Crippen molar-refractivity contribution in [2.45, 2.75) is 65.0 Å². The van der Waals surface area contributed by atoms with Crippen molar-refractivity contribution in [3.05, 3.63) is 0 Å². The summed E-state index contributed by atoms with van der Waals surface area (Å²) in [7, 11) is 0. The molecule has 1 aliphatic heterocycles. The van der Waals surface area contributed by atoms with Gasteiger partial charge in [-0.05, 0) is 38.5 Å². The summed E-state index contributed by atoms with van der Waals surface area (Å²) in [6.07, 6.45) is 7.07. The maximum Gasteiger partial charge on any atom is 0.0616 e. The van der Waals surface area contributed by atoms with Crippen LogP contribution in [0.25, 0.3) is 0 Å². The Morgan fingerprint density at radius 2 is 2.19 bits per heavy atom. The monoisotopic (exact) mass is 225 g/mol. The summed E-state index contributed by atoms with van der Waals surface area (Å²) >= 11 is 0. The van der Waals surface area contributed by atoms with E-state index in [4.69, 9.17) is 4.74 Å². The third-order valence-corrected chi connectivity index (χ3v) is 4.60. The van der Waals surface area contributed by atoms with E-state index in [-0.39, 0.29) is 0 Å². The lowest BCUT2D eigenvalue weighted by Gasteiger charge is -2.35. The molecule has 3 unspecified atom stereocenters. The van der Waals surface area contributed by atoms with Crippen molar-refractivity contribution in [3.63, 3.8) is 0 Å². The molecule has 1 heterocycles. The van der Waals surface area contributed by atoms with Gasteiger partial charge in [0.15, 0.2) is 0 Å². The maximum absolute atomic E-state index is 5.83. The standard InChI is InChI=1S/C14H27NO/c1-4-11(2)9-14(7-8-16-12(14)3)10-15-13-5-6-13/h11-13,15H,4-10H2,1-3H3. The third-order valence-electron chi connectivity index (χ3n) is 4.60. The lowest BCUT2D eigenvalue weighted by Crippen LogP contribution is -2.41. The minimum atomic E-state index is 0.415. The summed E-state index contributed by atoms with van der Waals surface area (Å²) in [4.78, 5) is 0. The Morgan fingerprint density at radius 3 is 2.69 bits per heavy atom. The van der Waals surface area contributed by atoms with Gasteiger partial charge in [-0.2, -0.15) is 0 Å². The van der Waals surface area contributed by atoms with Gasteiger partial charge in [0.25, 0.3) is 0 Å².